The van der Waals surface area contributed by atoms with Gasteiger partial charge in [-0.05, 0) is 30.7 Å². The van der Waals surface area contributed by atoms with Crippen LogP contribution in [0, 0.1) is 0 Å². The van der Waals surface area contributed by atoms with Crippen LogP contribution < -0.4 is 21.7 Å². The van der Waals surface area contributed by atoms with Crippen LogP contribution in [-0.4, -0.2) is 81.1 Å². The zero-order valence-electron chi connectivity index (χ0n) is 17.3. The van der Waals surface area contributed by atoms with E-state index in [9.17, 15) is 28.8 Å². The maximum Gasteiger partial charge on any atom is 0.335 e. The maximum atomic E-state index is 12.2. The van der Waals surface area contributed by atoms with Crippen LogP contribution in [0.15, 0.2) is 24.3 Å². The lowest BCUT2D eigenvalue weighted by molar-refractivity contribution is -0.139. The number of nitrogens with one attached hydrogen (secondary N) is 3. The number of thioether (sulfide) groups is 1. The molecule has 1 aromatic carbocycles. The SMILES string of the molecule is NC(CCC(=O)NC(CSCC(=O)Nc1ccc(C(=O)O)cc1)C(=O)NCC(=O)O)C(=O)O. The molecule has 0 aliphatic carbocycles. The van der Waals surface area contributed by atoms with E-state index >= 15 is 0 Å². The van der Waals surface area contributed by atoms with E-state index in [2.05, 4.69) is 16.0 Å². The Balaban J connectivity index is 2.60. The normalized spacial score (nSPS) is 12.2. The average molecular weight is 484 g/mol. The first-order valence-corrected chi connectivity index (χ1v) is 10.6. The lowest BCUT2D eigenvalue weighted by Gasteiger charge is -2.18. The van der Waals surface area contributed by atoms with Gasteiger partial charge in [-0.2, -0.15) is 0 Å². The molecule has 0 aliphatic rings. The van der Waals surface area contributed by atoms with E-state index in [4.69, 9.17) is 21.1 Å². The molecule has 0 saturated heterocycles. The van der Waals surface area contributed by atoms with Gasteiger partial charge in [0.1, 0.15) is 18.6 Å². The smallest absolute Gasteiger partial charge is 0.335 e. The van der Waals surface area contributed by atoms with Crippen molar-refractivity contribution in [3.8, 4) is 0 Å². The van der Waals surface area contributed by atoms with Crippen molar-refractivity contribution in [1.29, 1.82) is 0 Å². The van der Waals surface area contributed by atoms with Crippen molar-refractivity contribution in [2.75, 3.05) is 23.4 Å². The van der Waals surface area contributed by atoms with Crippen molar-refractivity contribution in [3.63, 3.8) is 0 Å². The van der Waals surface area contributed by atoms with Gasteiger partial charge in [0, 0.05) is 17.9 Å². The second kappa shape index (κ2) is 13.7. The van der Waals surface area contributed by atoms with Gasteiger partial charge in [0.05, 0.1) is 11.3 Å². The predicted octanol–water partition coefficient (Wildman–Crippen LogP) is -1.07. The molecule has 0 aromatic heterocycles. The molecule has 0 radical (unpaired) electrons. The molecule has 14 heteroatoms. The molecule has 3 amide bonds. The first kappa shape index (κ1) is 27.4. The number of nitrogens with two attached hydrogens (primary N) is 1. The average Bonchev–Trinajstić information content (AvgIpc) is 2.75. The van der Waals surface area contributed by atoms with Gasteiger partial charge in [-0.25, -0.2) is 4.79 Å². The summed E-state index contributed by atoms with van der Waals surface area (Å²) in [7, 11) is 0. The monoisotopic (exact) mass is 484 g/mol. The molecule has 1 rings (SSSR count). The zero-order valence-corrected chi connectivity index (χ0v) is 18.1. The van der Waals surface area contributed by atoms with E-state index in [0.29, 0.717) is 5.69 Å². The number of aliphatic carboxylic acids is 2. The third kappa shape index (κ3) is 11.0. The van der Waals surface area contributed by atoms with Crippen molar-refractivity contribution >= 4 is 53.1 Å². The summed E-state index contributed by atoms with van der Waals surface area (Å²) >= 11 is 0.983. The highest BCUT2D eigenvalue weighted by Gasteiger charge is 2.23. The highest BCUT2D eigenvalue weighted by molar-refractivity contribution is 8.00. The Labute approximate surface area is 192 Å². The molecule has 0 bridgehead atoms. The van der Waals surface area contributed by atoms with Crippen molar-refractivity contribution in [2.24, 2.45) is 5.73 Å². The number of benzene rings is 1. The summed E-state index contributed by atoms with van der Waals surface area (Å²) in [6, 6.07) is 3.04. The Bertz CT molecular complexity index is 892. The van der Waals surface area contributed by atoms with Crippen LogP contribution in [0.25, 0.3) is 0 Å². The summed E-state index contributed by atoms with van der Waals surface area (Å²) in [6.45, 7) is -0.674. The van der Waals surface area contributed by atoms with Crippen molar-refractivity contribution < 1.29 is 44.1 Å². The molecule has 33 heavy (non-hydrogen) atoms. The molecule has 0 aliphatic heterocycles. The molecule has 0 heterocycles. The minimum atomic E-state index is -1.29. The van der Waals surface area contributed by atoms with E-state index in [1.165, 1.54) is 24.3 Å². The summed E-state index contributed by atoms with van der Waals surface area (Å²) in [5, 5.41) is 33.4. The Hall–Kier alpha value is -3.65. The fourth-order valence-electron chi connectivity index (χ4n) is 2.31. The molecular formula is C19H24N4O9S. The first-order valence-electron chi connectivity index (χ1n) is 9.47. The minimum absolute atomic E-state index is 0.0534. The van der Waals surface area contributed by atoms with Crippen LogP contribution in [0.3, 0.4) is 0 Å². The largest absolute Gasteiger partial charge is 0.480 e. The van der Waals surface area contributed by atoms with E-state index in [-0.39, 0.29) is 29.9 Å². The van der Waals surface area contributed by atoms with E-state index in [1.54, 1.807) is 0 Å². The number of hydrogen-bond acceptors (Lipinski definition) is 8. The molecule has 0 saturated carbocycles. The molecule has 0 spiro atoms. The van der Waals surface area contributed by atoms with Gasteiger partial charge in [0.15, 0.2) is 0 Å². The molecule has 2 atom stereocenters. The van der Waals surface area contributed by atoms with Crippen molar-refractivity contribution in [1.82, 2.24) is 10.6 Å². The predicted molar refractivity (Wildman–Crippen MR) is 117 cm³/mol. The Morgan fingerprint density at radius 3 is 2.15 bits per heavy atom. The number of carboxylic acid groups (broad SMARTS) is 3. The summed E-state index contributed by atoms with van der Waals surface area (Å²) in [4.78, 5) is 68.6. The summed E-state index contributed by atoms with van der Waals surface area (Å²) < 4.78 is 0. The fourth-order valence-corrected chi connectivity index (χ4v) is 3.15. The Morgan fingerprint density at radius 1 is 0.970 bits per heavy atom. The van der Waals surface area contributed by atoms with Gasteiger partial charge >= 0.3 is 17.9 Å². The molecule has 180 valence electrons. The van der Waals surface area contributed by atoms with E-state index < -0.39 is 54.3 Å². The summed E-state index contributed by atoms with van der Waals surface area (Å²) in [5.41, 5.74) is 5.75. The number of amides is 3. The highest BCUT2D eigenvalue weighted by Crippen LogP contribution is 2.11. The number of carbonyl (C=O) groups excluding carboxylic acids is 3. The lowest BCUT2D eigenvalue weighted by atomic mass is 10.1. The third-order valence-electron chi connectivity index (χ3n) is 4.00. The summed E-state index contributed by atoms with van der Waals surface area (Å²) in [6.07, 6.45) is -0.436. The van der Waals surface area contributed by atoms with Crippen LogP contribution in [0.2, 0.25) is 0 Å². The van der Waals surface area contributed by atoms with Crippen LogP contribution >= 0.6 is 11.8 Å². The topological polar surface area (TPSA) is 225 Å². The Morgan fingerprint density at radius 2 is 1.61 bits per heavy atom. The standard InChI is InChI=1S/C19H24N4O9S/c20-12(19(31)32)5-6-14(24)23-13(17(28)21-7-16(26)27)8-33-9-15(25)22-11-3-1-10(2-4-11)18(29)30/h1-4,12-13H,5-9,20H2,(H,21,28)(H,22,25)(H,23,24)(H,26,27)(H,29,30)(H,31,32). The second-order valence-electron chi connectivity index (χ2n) is 6.66. The van der Waals surface area contributed by atoms with Crippen molar-refractivity contribution in [3.05, 3.63) is 29.8 Å². The van der Waals surface area contributed by atoms with Crippen LogP contribution in [0.5, 0.6) is 0 Å². The molecule has 2 unspecified atom stereocenters. The third-order valence-corrected chi connectivity index (χ3v) is 5.03. The zero-order chi connectivity index (χ0) is 25.0. The van der Waals surface area contributed by atoms with E-state index in [0.717, 1.165) is 11.8 Å². The molecule has 8 N–H and O–H groups in total. The number of aromatic carboxylic acids is 1. The summed E-state index contributed by atoms with van der Waals surface area (Å²) in [5.74, 6) is -5.78. The van der Waals surface area contributed by atoms with Crippen LogP contribution in [-0.2, 0) is 24.0 Å². The fraction of sp³-hybridized carbons (Fsp3) is 0.368. The highest BCUT2D eigenvalue weighted by atomic mass is 32.2. The van der Waals surface area contributed by atoms with Gasteiger partial charge in [-0.3, -0.25) is 24.0 Å². The van der Waals surface area contributed by atoms with E-state index in [1.807, 2.05) is 0 Å². The molecule has 0 fully saturated rings. The number of hydrogen-bond donors (Lipinski definition) is 7. The van der Waals surface area contributed by atoms with Gasteiger partial charge in [-0.15, -0.1) is 11.8 Å². The quantitative estimate of drug-likeness (QED) is 0.168. The van der Waals surface area contributed by atoms with Gasteiger partial charge in [-0.1, -0.05) is 0 Å². The van der Waals surface area contributed by atoms with Crippen LogP contribution in [0.1, 0.15) is 23.2 Å². The molecule has 13 nitrogen and oxygen atoms in total. The number of carboxylic acids is 3. The van der Waals surface area contributed by atoms with Gasteiger partial charge in [0.25, 0.3) is 0 Å². The van der Waals surface area contributed by atoms with Gasteiger partial charge in [0.2, 0.25) is 17.7 Å². The maximum absolute atomic E-state index is 12.2. The first-order chi connectivity index (χ1) is 15.5. The number of rotatable bonds is 14. The number of anilines is 1. The van der Waals surface area contributed by atoms with Gasteiger partial charge < -0.3 is 37.0 Å². The van der Waals surface area contributed by atoms with Crippen LogP contribution in [0.4, 0.5) is 5.69 Å². The lowest BCUT2D eigenvalue weighted by Crippen LogP contribution is -2.49. The minimum Gasteiger partial charge on any atom is -0.480 e. The Kier molecular flexibility index (Phi) is 11.4. The molecular weight excluding hydrogens is 460 g/mol. The number of carbonyl (C=O) groups is 6. The second-order valence-corrected chi connectivity index (χ2v) is 7.69. The molecule has 1 aromatic rings. The van der Waals surface area contributed by atoms with Crippen molar-refractivity contribution in [2.45, 2.75) is 24.9 Å².